The molecule has 0 saturated carbocycles. The van der Waals surface area contributed by atoms with Gasteiger partial charge >= 0.3 is 0 Å². The molecule has 1 aromatic carbocycles. The molecule has 2 unspecified atom stereocenters. The van der Waals surface area contributed by atoms with Gasteiger partial charge in [-0.2, -0.15) is 5.26 Å². The van der Waals surface area contributed by atoms with Crippen LogP contribution in [0.4, 0.5) is 0 Å². The Labute approximate surface area is 103 Å². The molecule has 0 spiro atoms. The number of rotatable bonds is 3. The van der Waals surface area contributed by atoms with E-state index >= 15 is 0 Å². The van der Waals surface area contributed by atoms with Crippen molar-refractivity contribution in [3.05, 3.63) is 35.9 Å². The number of hydrogen-bond donors (Lipinski definition) is 0. The largest absolute Gasteiger partial charge is 0.379 e. The minimum Gasteiger partial charge on any atom is -0.379 e. The molecule has 0 radical (unpaired) electrons. The zero-order chi connectivity index (χ0) is 12.1. The second-order valence-corrected chi connectivity index (χ2v) is 4.42. The fourth-order valence-electron chi connectivity index (χ4n) is 2.30. The van der Waals surface area contributed by atoms with Crippen LogP contribution in [0.5, 0.6) is 0 Å². The summed E-state index contributed by atoms with van der Waals surface area (Å²) >= 11 is 0. The van der Waals surface area contributed by atoms with Gasteiger partial charge in [-0.05, 0) is 5.56 Å². The van der Waals surface area contributed by atoms with Gasteiger partial charge in [0.1, 0.15) is 6.04 Å². The van der Waals surface area contributed by atoms with Gasteiger partial charge in [0.05, 0.1) is 19.3 Å². The first-order valence-electron chi connectivity index (χ1n) is 6.09. The van der Waals surface area contributed by atoms with Gasteiger partial charge in [-0.3, -0.25) is 4.90 Å². The smallest absolute Gasteiger partial charge is 0.105 e. The van der Waals surface area contributed by atoms with Crippen molar-refractivity contribution in [2.24, 2.45) is 0 Å². The maximum absolute atomic E-state index is 9.38. The highest BCUT2D eigenvalue weighted by atomic mass is 16.5. The van der Waals surface area contributed by atoms with Crippen LogP contribution in [-0.4, -0.2) is 37.2 Å². The van der Waals surface area contributed by atoms with E-state index in [1.165, 1.54) is 5.56 Å². The summed E-state index contributed by atoms with van der Waals surface area (Å²) in [7, 11) is 0. The molecule has 17 heavy (non-hydrogen) atoms. The topological polar surface area (TPSA) is 36.3 Å². The van der Waals surface area contributed by atoms with Crippen LogP contribution in [0.1, 0.15) is 18.4 Å². The zero-order valence-electron chi connectivity index (χ0n) is 10.2. The van der Waals surface area contributed by atoms with Crippen molar-refractivity contribution < 1.29 is 4.74 Å². The molecule has 0 aliphatic carbocycles. The molecular formula is C14H18N2O. The zero-order valence-corrected chi connectivity index (χ0v) is 10.2. The highest BCUT2D eigenvalue weighted by molar-refractivity contribution is 5.23. The third kappa shape index (κ3) is 2.85. The Morgan fingerprint density at radius 3 is 2.47 bits per heavy atom. The average Bonchev–Trinajstić information content (AvgIpc) is 2.42. The summed E-state index contributed by atoms with van der Waals surface area (Å²) < 4.78 is 5.33. The lowest BCUT2D eigenvalue weighted by Crippen LogP contribution is -2.45. The average molecular weight is 230 g/mol. The Hall–Kier alpha value is -1.37. The van der Waals surface area contributed by atoms with Crippen molar-refractivity contribution in [3.8, 4) is 6.07 Å². The highest BCUT2D eigenvalue weighted by Gasteiger charge is 2.26. The number of morpholine rings is 1. The van der Waals surface area contributed by atoms with Gasteiger partial charge < -0.3 is 4.74 Å². The van der Waals surface area contributed by atoms with Crippen LogP contribution in [-0.2, 0) is 4.74 Å². The summed E-state index contributed by atoms with van der Waals surface area (Å²) in [5.74, 6) is 0.235. The molecule has 3 nitrogen and oxygen atoms in total. The third-order valence-corrected chi connectivity index (χ3v) is 3.37. The van der Waals surface area contributed by atoms with Gasteiger partial charge in [0.25, 0.3) is 0 Å². The van der Waals surface area contributed by atoms with E-state index in [9.17, 15) is 5.26 Å². The molecular weight excluding hydrogens is 212 g/mol. The van der Waals surface area contributed by atoms with Gasteiger partial charge in [0.2, 0.25) is 0 Å². The SMILES string of the molecule is CC(c1ccccc1)C(C#N)N1CCOCC1. The lowest BCUT2D eigenvalue weighted by Gasteiger charge is -2.33. The first kappa shape index (κ1) is 12.1. The minimum atomic E-state index is -0.0544. The maximum Gasteiger partial charge on any atom is 0.105 e. The van der Waals surface area contributed by atoms with E-state index in [4.69, 9.17) is 4.74 Å². The molecule has 1 aliphatic heterocycles. The summed E-state index contributed by atoms with van der Waals surface area (Å²) in [5, 5.41) is 9.38. The van der Waals surface area contributed by atoms with Crippen LogP contribution in [0, 0.1) is 11.3 Å². The predicted molar refractivity (Wildman–Crippen MR) is 66.7 cm³/mol. The summed E-state index contributed by atoms with van der Waals surface area (Å²) in [6.45, 7) is 5.31. The van der Waals surface area contributed by atoms with Crippen molar-refractivity contribution in [1.82, 2.24) is 4.90 Å². The fourth-order valence-corrected chi connectivity index (χ4v) is 2.30. The molecule has 2 rings (SSSR count). The lowest BCUT2D eigenvalue weighted by atomic mass is 9.93. The van der Waals surface area contributed by atoms with E-state index in [1.54, 1.807) is 0 Å². The van der Waals surface area contributed by atoms with Crippen LogP contribution in [0.15, 0.2) is 30.3 Å². The predicted octanol–water partition coefficient (Wildman–Crippen LogP) is 2.01. The fraction of sp³-hybridized carbons (Fsp3) is 0.500. The van der Waals surface area contributed by atoms with Crippen molar-refractivity contribution in [3.63, 3.8) is 0 Å². The molecule has 1 aliphatic rings. The van der Waals surface area contributed by atoms with Gasteiger partial charge in [-0.25, -0.2) is 0 Å². The number of ether oxygens (including phenoxy) is 1. The third-order valence-electron chi connectivity index (χ3n) is 3.37. The van der Waals surface area contributed by atoms with E-state index in [1.807, 2.05) is 18.2 Å². The molecule has 1 aromatic rings. The van der Waals surface area contributed by atoms with E-state index in [-0.39, 0.29) is 12.0 Å². The number of nitriles is 1. The van der Waals surface area contributed by atoms with Gasteiger partial charge in [0, 0.05) is 19.0 Å². The molecule has 1 heterocycles. The van der Waals surface area contributed by atoms with Gasteiger partial charge in [-0.1, -0.05) is 37.3 Å². The first-order valence-corrected chi connectivity index (χ1v) is 6.09. The van der Waals surface area contributed by atoms with Crippen LogP contribution in [0.25, 0.3) is 0 Å². The number of hydrogen-bond acceptors (Lipinski definition) is 3. The van der Waals surface area contributed by atoms with Gasteiger partial charge in [0.15, 0.2) is 0 Å². The summed E-state index contributed by atoms with van der Waals surface area (Å²) in [4.78, 5) is 2.22. The minimum absolute atomic E-state index is 0.0544. The summed E-state index contributed by atoms with van der Waals surface area (Å²) in [6.07, 6.45) is 0. The Morgan fingerprint density at radius 1 is 1.24 bits per heavy atom. The molecule has 3 heteroatoms. The molecule has 0 aromatic heterocycles. The first-order chi connectivity index (χ1) is 8.33. The normalized spacial score (nSPS) is 20.5. The van der Waals surface area contributed by atoms with Gasteiger partial charge in [-0.15, -0.1) is 0 Å². The van der Waals surface area contributed by atoms with Crippen molar-refractivity contribution in [2.75, 3.05) is 26.3 Å². The maximum atomic E-state index is 9.38. The van der Waals surface area contributed by atoms with E-state index in [2.05, 4.69) is 30.0 Å². The highest BCUT2D eigenvalue weighted by Crippen LogP contribution is 2.23. The molecule has 1 saturated heterocycles. The monoisotopic (exact) mass is 230 g/mol. The van der Waals surface area contributed by atoms with Crippen LogP contribution in [0.3, 0.4) is 0 Å². The molecule has 0 N–H and O–H groups in total. The molecule has 0 bridgehead atoms. The lowest BCUT2D eigenvalue weighted by molar-refractivity contribution is 0.0231. The molecule has 2 atom stereocenters. The van der Waals surface area contributed by atoms with E-state index < -0.39 is 0 Å². The molecule has 1 fully saturated rings. The molecule has 0 amide bonds. The molecule has 90 valence electrons. The van der Waals surface area contributed by atoms with E-state index in [0.29, 0.717) is 0 Å². The Bertz CT molecular complexity index is 379. The number of benzene rings is 1. The van der Waals surface area contributed by atoms with Crippen LogP contribution >= 0.6 is 0 Å². The Kier molecular flexibility index (Phi) is 4.13. The Balaban J connectivity index is 2.10. The number of nitrogens with zero attached hydrogens (tertiary/aromatic N) is 2. The van der Waals surface area contributed by atoms with Crippen LogP contribution < -0.4 is 0 Å². The quantitative estimate of drug-likeness (QED) is 0.797. The Morgan fingerprint density at radius 2 is 1.88 bits per heavy atom. The second kappa shape index (κ2) is 5.81. The van der Waals surface area contributed by atoms with Crippen molar-refractivity contribution >= 4 is 0 Å². The van der Waals surface area contributed by atoms with Crippen molar-refractivity contribution in [1.29, 1.82) is 5.26 Å². The van der Waals surface area contributed by atoms with Crippen LogP contribution in [0.2, 0.25) is 0 Å². The summed E-state index contributed by atoms with van der Waals surface area (Å²) in [6, 6.07) is 12.6. The second-order valence-electron chi connectivity index (χ2n) is 4.42. The standard InChI is InChI=1S/C14H18N2O/c1-12(13-5-3-2-4-6-13)14(11-15)16-7-9-17-10-8-16/h2-6,12,14H,7-10H2,1H3. The van der Waals surface area contributed by atoms with E-state index in [0.717, 1.165) is 26.3 Å². The summed E-state index contributed by atoms with van der Waals surface area (Å²) in [5.41, 5.74) is 1.23. The van der Waals surface area contributed by atoms with Crippen molar-refractivity contribution in [2.45, 2.75) is 18.9 Å².